The summed E-state index contributed by atoms with van der Waals surface area (Å²) in [6.07, 6.45) is -4.79. The molecule has 14 nitrogen and oxygen atoms in total. The van der Waals surface area contributed by atoms with Crippen molar-refractivity contribution in [3.8, 4) is 0 Å². The zero-order chi connectivity index (χ0) is 55.5. The van der Waals surface area contributed by atoms with E-state index >= 15 is 0 Å². The van der Waals surface area contributed by atoms with Crippen molar-refractivity contribution in [2.45, 2.75) is 152 Å². The molecule has 0 aliphatic carbocycles. The van der Waals surface area contributed by atoms with Crippen molar-refractivity contribution in [3.63, 3.8) is 0 Å². The van der Waals surface area contributed by atoms with Gasteiger partial charge in [-0.2, -0.15) is 0 Å². The van der Waals surface area contributed by atoms with Gasteiger partial charge < -0.3 is 29.5 Å². The Kier molecular flexibility index (Phi) is 19.3. The number of hydrogen-bond donors (Lipinski definition) is 2. The van der Waals surface area contributed by atoms with E-state index in [1.165, 1.54) is 9.80 Å². The predicted molar refractivity (Wildman–Crippen MR) is 289 cm³/mol. The second-order valence-electron chi connectivity index (χ2n) is 21.0. The number of halogens is 4. The third kappa shape index (κ3) is 13.1. The molecule has 2 aliphatic heterocycles. The lowest BCUT2D eigenvalue weighted by molar-refractivity contribution is -0.200. The van der Waals surface area contributed by atoms with Crippen LogP contribution >= 0.6 is 46.4 Å². The Morgan fingerprint density at radius 3 is 1.14 bits per heavy atom. The summed E-state index contributed by atoms with van der Waals surface area (Å²) in [5.41, 5.74) is 0.161. The number of hydrogen-bond acceptors (Lipinski definition) is 10. The van der Waals surface area contributed by atoms with Crippen LogP contribution in [-0.2, 0) is 59.4 Å². The summed E-state index contributed by atoms with van der Waals surface area (Å²) in [6, 6.07) is 26.2. The highest BCUT2D eigenvalue weighted by Gasteiger charge is 2.57. The van der Waals surface area contributed by atoms with Crippen LogP contribution in [0.1, 0.15) is 129 Å². The van der Waals surface area contributed by atoms with E-state index in [2.05, 4.69) is 0 Å². The monoisotopic (exact) mass is 1140 g/mol. The number of rotatable bonds is 16. The number of carboxylic acid groups (broad SMARTS) is 2. The maximum absolute atomic E-state index is 14.0. The summed E-state index contributed by atoms with van der Waals surface area (Å²) in [5, 5.41) is 21.0. The Morgan fingerprint density at radius 1 is 0.568 bits per heavy atom. The number of amides is 2. The molecule has 4 aromatic rings. The molecule has 404 valence electrons. The summed E-state index contributed by atoms with van der Waals surface area (Å²) in [7, 11) is -7.29. The van der Waals surface area contributed by atoms with Gasteiger partial charge in [0.2, 0.25) is 0 Å². The minimum atomic E-state index is -3.64. The number of aliphatic carboxylic acids is 2. The third-order valence-corrected chi connectivity index (χ3v) is 20.2. The first-order chi connectivity index (χ1) is 34.2. The van der Waals surface area contributed by atoms with Crippen LogP contribution in [0.15, 0.2) is 97.1 Å². The van der Waals surface area contributed by atoms with E-state index in [4.69, 9.17) is 55.9 Å². The third-order valence-electron chi connectivity index (χ3n) is 13.9. The van der Waals surface area contributed by atoms with Gasteiger partial charge in [-0.05, 0) is 139 Å². The Morgan fingerprint density at radius 2 is 0.878 bits per heavy atom. The van der Waals surface area contributed by atoms with Gasteiger partial charge in [0.05, 0.1) is 44.9 Å². The lowest BCUT2D eigenvalue weighted by Gasteiger charge is -2.55. The maximum atomic E-state index is 14.0. The average molecular weight is 1140 g/mol. The van der Waals surface area contributed by atoms with Gasteiger partial charge in [0.15, 0.2) is 19.7 Å². The second-order valence-corrected chi connectivity index (χ2v) is 28.3. The number of sulfone groups is 2. The molecule has 4 aromatic carbocycles. The van der Waals surface area contributed by atoms with E-state index in [0.29, 0.717) is 55.2 Å². The van der Waals surface area contributed by atoms with Crippen molar-refractivity contribution in [1.29, 1.82) is 0 Å². The van der Waals surface area contributed by atoms with Gasteiger partial charge in [0.25, 0.3) is 11.8 Å². The maximum Gasteiger partial charge on any atom is 0.306 e. The molecule has 74 heavy (non-hydrogen) atoms. The molecule has 2 saturated heterocycles. The van der Waals surface area contributed by atoms with Gasteiger partial charge in [-0.15, -0.1) is 0 Å². The van der Waals surface area contributed by atoms with Crippen molar-refractivity contribution in [2.24, 2.45) is 0 Å². The first-order valence-corrected chi connectivity index (χ1v) is 28.9. The van der Waals surface area contributed by atoms with Gasteiger partial charge in [-0.1, -0.05) is 109 Å². The van der Waals surface area contributed by atoms with Crippen LogP contribution in [0.5, 0.6) is 0 Å². The molecular weight excluding hydrogens is 1070 g/mol. The van der Waals surface area contributed by atoms with Crippen molar-refractivity contribution >= 4 is 89.8 Å². The lowest BCUT2D eigenvalue weighted by Crippen LogP contribution is -2.65. The zero-order valence-corrected chi connectivity index (χ0v) is 47.8. The van der Waals surface area contributed by atoms with Crippen LogP contribution in [0.25, 0.3) is 0 Å². The van der Waals surface area contributed by atoms with Crippen LogP contribution in [0.3, 0.4) is 0 Å². The summed E-state index contributed by atoms with van der Waals surface area (Å²) in [6.45, 7) is 17.0. The fourth-order valence-electron chi connectivity index (χ4n) is 9.49. The minimum Gasteiger partial charge on any atom is -0.481 e. The van der Waals surface area contributed by atoms with Crippen LogP contribution < -0.4 is 0 Å². The zero-order valence-electron chi connectivity index (χ0n) is 43.1. The van der Waals surface area contributed by atoms with Crippen LogP contribution in [0.4, 0.5) is 0 Å². The molecule has 20 heteroatoms. The Bertz CT molecular complexity index is 2710. The number of benzene rings is 4. The highest BCUT2D eigenvalue weighted by atomic mass is 35.5. The van der Waals surface area contributed by atoms with Crippen molar-refractivity contribution < 1.29 is 55.7 Å². The van der Waals surface area contributed by atoms with Crippen molar-refractivity contribution in [2.75, 3.05) is 11.5 Å². The number of carboxylic acids is 2. The molecule has 0 spiro atoms. The molecule has 2 fully saturated rings. The molecule has 2 amide bonds. The van der Waals surface area contributed by atoms with E-state index in [-0.39, 0.29) is 11.5 Å². The van der Waals surface area contributed by atoms with Crippen LogP contribution in [0, 0.1) is 0 Å². The smallest absolute Gasteiger partial charge is 0.306 e. The molecule has 2 heterocycles. The normalized spacial score (nSPS) is 23.6. The molecule has 0 saturated carbocycles. The molecule has 2 aliphatic rings. The number of carbonyl (C=O) groups excluding carboxylic acids is 2. The molecule has 6 rings (SSSR count). The minimum absolute atomic E-state index is 0.288. The molecule has 0 unspecified atom stereocenters. The van der Waals surface area contributed by atoms with E-state index in [9.17, 15) is 46.2 Å². The van der Waals surface area contributed by atoms with Gasteiger partial charge in [0, 0.05) is 32.2 Å². The highest BCUT2D eigenvalue weighted by molar-refractivity contribution is 7.93. The molecule has 2 N–H and O–H groups in total. The van der Waals surface area contributed by atoms with Crippen molar-refractivity contribution in [3.05, 3.63) is 139 Å². The molecule has 0 bridgehead atoms. The molecule has 0 aromatic heterocycles. The average Bonchev–Trinajstić information content (AvgIpc) is 3.29. The fraction of sp³-hybridized carbons (Fsp3) is 0.481. The Balaban J connectivity index is 0.000000274. The van der Waals surface area contributed by atoms with E-state index in [1.807, 2.05) is 27.7 Å². The first kappa shape index (κ1) is 60.6. The highest BCUT2D eigenvalue weighted by Crippen LogP contribution is 2.51. The van der Waals surface area contributed by atoms with Crippen molar-refractivity contribution in [1.82, 2.24) is 9.80 Å². The van der Waals surface area contributed by atoms with Crippen LogP contribution in [-0.4, -0.2) is 106 Å². The quantitative estimate of drug-likeness (QED) is 0.108. The molecule has 0 radical (unpaired) electrons. The largest absolute Gasteiger partial charge is 0.481 e. The second kappa shape index (κ2) is 23.5. The van der Waals surface area contributed by atoms with E-state index in [0.717, 1.165) is 0 Å². The SMILES string of the molecule is CC[C@@H](CS(=O)(=O)C(C)(C)C)N1C(=O)[C@@H](CC(=O)O)O[C@H](c2cccc(Cl)c2)[C@@]1(C)c1ccc(Cl)cc1.CC[C@@H](CS(=O)(=O)C(C)(C)C)N1C(=O)[C@H](CC(=O)O)O[C@H](c2cccc(Cl)c2)[C@@]1(C)c1ccc(Cl)cc1. The Labute approximate surface area is 455 Å². The number of carbonyl (C=O) groups is 4. The number of nitrogens with zero attached hydrogens (tertiary/aromatic N) is 2. The van der Waals surface area contributed by atoms with Gasteiger partial charge in [0.1, 0.15) is 24.4 Å². The van der Waals surface area contributed by atoms with Gasteiger partial charge in [-0.3, -0.25) is 19.2 Å². The van der Waals surface area contributed by atoms with E-state index < -0.39 is 113 Å². The topological polar surface area (TPSA) is 202 Å². The van der Waals surface area contributed by atoms with Gasteiger partial charge >= 0.3 is 11.9 Å². The summed E-state index contributed by atoms with van der Waals surface area (Å²) in [5.74, 6) is -4.13. The summed E-state index contributed by atoms with van der Waals surface area (Å²) >= 11 is 25.0. The Hall–Kier alpha value is -4.26. The molecular formula is C54H66Cl4N2O12S2. The fourth-order valence-corrected chi connectivity index (χ4v) is 12.9. The number of ether oxygens (including phenoxy) is 2. The lowest BCUT2D eigenvalue weighted by atomic mass is 9.78. The predicted octanol–water partition coefficient (Wildman–Crippen LogP) is 11.3. The standard InChI is InChI=1S/2C27H33Cl2NO6S/c2*1-6-21(16-37(34,35)26(2,3)4)30-25(33)22(15-23(31)32)36-24(17-8-7-9-20(29)14-17)27(30,5)18-10-12-19(28)13-11-18/h2*7-14,21-22,24H,6,15-16H2,1-5H3,(H,31,32)/t21-,22+,24+,27+;21-,22-,24+,27+/m00/s1. The van der Waals surface area contributed by atoms with Crippen LogP contribution in [0.2, 0.25) is 20.1 Å². The summed E-state index contributed by atoms with van der Waals surface area (Å²) < 4.78 is 63.7. The molecule has 8 atom stereocenters. The van der Waals surface area contributed by atoms with Gasteiger partial charge in [-0.25, -0.2) is 16.8 Å². The number of morpholine rings is 2. The van der Waals surface area contributed by atoms with E-state index in [1.54, 1.807) is 139 Å². The summed E-state index contributed by atoms with van der Waals surface area (Å²) in [4.78, 5) is 54.4. The first-order valence-electron chi connectivity index (χ1n) is 24.1.